The minimum atomic E-state index is -3.45. The van der Waals surface area contributed by atoms with Crippen molar-refractivity contribution in [2.75, 3.05) is 33.2 Å². The number of hydrazine groups is 1. The van der Waals surface area contributed by atoms with Gasteiger partial charge in [-0.1, -0.05) is 25.5 Å². The number of rotatable bonds is 5. The summed E-state index contributed by atoms with van der Waals surface area (Å²) in [5.41, 5.74) is 1.17. The summed E-state index contributed by atoms with van der Waals surface area (Å²) in [4.78, 5) is 5.18. The molecule has 1 aromatic rings. The highest BCUT2D eigenvalue weighted by atomic mass is 32.2. The lowest BCUT2D eigenvalue weighted by Gasteiger charge is -2.32. The van der Waals surface area contributed by atoms with Crippen molar-refractivity contribution in [3.8, 4) is 0 Å². The fourth-order valence-electron chi connectivity index (χ4n) is 2.24. The normalized spacial score (nSPS) is 18.3. The van der Waals surface area contributed by atoms with Gasteiger partial charge >= 0.3 is 0 Å². The van der Waals surface area contributed by atoms with Crippen molar-refractivity contribution in [2.24, 2.45) is 0 Å². The molecule has 1 saturated heterocycles. The summed E-state index contributed by atoms with van der Waals surface area (Å²) < 4.78 is 24.6. The maximum atomic E-state index is 12.3. The molecular weight excluding hydrogens is 274 g/mol. The van der Waals surface area contributed by atoms with Crippen molar-refractivity contribution in [3.63, 3.8) is 0 Å². The molecule has 112 valence electrons. The van der Waals surface area contributed by atoms with Crippen LogP contribution in [-0.2, 0) is 16.4 Å². The van der Waals surface area contributed by atoms with E-state index in [9.17, 15) is 8.42 Å². The first-order chi connectivity index (χ1) is 9.51. The largest absolute Gasteiger partial charge is 0.304 e. The van der Waals surface area contributed by atoms with Crippen molar-refractivity contribution >= 4 is 10.0 Å². The Hall–Kier alpha value is -0.950. The monoisotopic (exact) mass is 297 g/mol. The van der Waals surface area contributed by atoms with Gasteiger partial charge in [-0.05, 0) is 31.2 Å². The van der Waals surface area contributed by atoms with Crippen molar-refractivity contribution < 1.29 is 8.42 Å². The highest BCUT2D eigenvalue weighted by molar-refractivity contribution is 7.89. The van der Waals surface area contributed by atoms with E-state index in [1.165, 1.54) is 5.56 Å². The number of hydrogen-bond acceptors (Lipinski definition) is 4. The number of nitrogens with zero attached hydrogens (tertiary/aromatic N) is 2. The molecule has 1 heterocycles. The Kier molecular flexibility index (Phi) is 5.15. The van der Waals surface area contributed by atoms with Crippen molar-refractivity contribution in [2.45, 2.75) is 24.7 Å². The van der Waals surface area contributed by atoms with E-state index in [4.69, 9.17) is 0 Å². The number of benzene rings is 1. The van der Waals surface area contributed by atoms with E-state index in [1.807, 2.05) is 19.2 Å². The van der Waals surface area contributed by atoms with Crippen molar-refractivity contribution in [3.05, 3.63) is 29.8 Å². The Morgan fingerprint density at radius 3 is 2.25 bits per heavy atom. The summed E-state index contributed by atoms with van der Waals surface area (Å²) in [6.45, 7) is 5.28. The van der Waals surface area contributed by atoms with Crippen LogP contribution in [-0.4, -0.2) is 51.6 Å². The van der Waals surface area contributed by atoms with Crippen LogP contribution in [0.3, 0.4) is 0 Å². The molecule has 1 N–H and O–H groups in total. The number of hydrogen-bond donors (Lipinski definition) is 1. The molecule has 5 nitrogen and oxygen atoms in total. The number of nitrogens with one attached hydrogen (secondary N) is 1. The van der Waals surface area contributed by atoms with Crippen LogP contribution in [0.1, 0.15) is 18.9 Å². The quantitative estimate of drug-likeness (QED) is 0.883. The zero-order valence-corrected chi connectivity index (χ0v) is 13.0. The van der Waals surface area contributed by atoms with Gasteiger partial charge in [-0.25, -0.2) is 13.4 Å². The minimum Gasteiger partial charge on any atom is -0.304 e. The van der Waals surface area contributed by atoms with Crippen LogP contribution in [0, 0.1) is 0 Å². The summed E-state index contributed by atoms with van der Waals surface area (Å²) in [5.74, 6) is 0. The number of sulfonamides is 1. The molecule has 0 unspecified atom stereocenters. The van der Waals surface area contributed by atoms with Gasteiger partial charge in [-0.2, -0.15) is 0 Å². The maximum absolute atomic E-state index is 12.3. The van der Waals surface area contributed by atoms with Crippen LogP contribution in [0.2, 0.25) is 0 Å². The van der Waals surface area contributed by atoms with E-state index in [0.717, 1.165) is 25.9 Å². The molecule has 0 aliphatic carbocycles. The van der Waals surface area contributed by atoms with E-state index >= 15 is 0 Å². The van der Waals surface area contributed by atoms with Gasteiger partial charge < -0.3 is 4.90 Å². The first kappa shape index (κ1) is 15.4. The van der Waals surface area contributed by atoms with Gasteiger partial charge in [0.25, 0.3) is 10.0 Å². The van der Waals surface area contributed by atoms with E-state index in [0.29, 0.717) is 18.0 Å². The van der Waals surface area contributed by atoms with E-state index in [2.05, 4.69) is 16.7 Å². The molecule has 0 amide bonds. The third kappa shape index (κ3) is 4.02. The van der Waals surface area contributed by atoms with Crippen LogP contribution in [0.25, 0.3) is 0 Å². The summed E-state index contributed by atoms with van der Waals surface area (Å²) in [7, 11) is -1.41. The second kappa shape index (κ2) is 6.67. The number of aryl methyl sites for hydroxylation is 1. The van der Waals surface area contributed by atoms with Crippen LogP contribution in [0.4, 0.5) is 0 Å². The van der Waals surface area contributed by atoms with Gasteiger partial charge in [0.2, 0.25) is 0 Å². The molecular formula is C14H23N3O2S. The fraction of sp³-hybridized carbons (Fsp3) is 0.571. The Labute approximate surface area is 121 Å². The SMILES string of the molecule is CCCc1ccc(S(=O)(=O)NN2CCN(C)CC2)cc1. The summed E-state index contributed by atoms with van der Waals surface area (Å²) >= 11 is 0. The minimum absolute atomic E-state index is 0.330. The Morgan fingerprint density at radius 1 is 1.10 bits per heavy atom. The molecule has 0 atom stereocenters. The third-order valence-corrected chi connectivity index (χ3v) is 4.92. The molecule has 1 fully saturated rings. The molecule has 1 aliphatic heterocycles. The Balaban J connectivity index is 2.02. The molecule has 1 aromatic carbocycles. The summed E-state index contributed by atoms with van der Waals surface area (Å²) in [5, 5.41) is 1.77. The molecule has 1 aliphatic rings. The summed E-state index contributed by atoms with van der Waals surface area (Å²) in [6, 6.07) is 7.15. The first-order valence-corrected chi connectivity index (χ1v) is 8.54. The van der Waals surface area contributed by atoms with Crippen LogP contribution >= 0.6 is 0 Å². The predicted molar refractivity (Wildman–Crippen MR) is 79.8 cm³/mol. The molecule has 2 rings (SSSR count). The van der Waals surface area contributed by atoms with Gasteiger partial charge in [0, 0.05) is 26.2 Å². The lowest BCUT2D eigenvalue weighted by Crippen LogP contribution is -2.52. The topological polar surface area (TPSA) is 52.7 Å². The van der Waals surface area contributed by atoms with Gasteiger partial charge in [0.05, 0.1) is 4.90 Å². The molecule has 0 radical (unpaired) electrons. The van der Waals surface area contributed by atoms with E-state index in [1.54, 1.807) is 17.1 Å². The van der Waals surface area contributed by atoms with E-state index < -0.39 is 10.0 Å². The molecule has 20 heavy (non-hydrogen) atoms. The zero-order valence-electron chi connectivity index (χ0n) is 12.2. The smallest absolute Gasteiger partial charge is 0.253 e. The van der Waals surface area contributed by atoms with Crippen molar-refractivity contribution in [1.82, 2.24) is 14.7 Å². The third-order valence-electron chi connectivity index (χ3n) is 3.52. The highest BCUT2D eigenvalue weighted by Gasteiger charge is 2.21. The van der Waals surface area contributed by atoms with Crippen molar-refractivity contribution in [1.29, 1.82) is 0 Å². The Bertz CT molecular complexity index is 520. The summed E-state index contributed by atoms with van der Waals surface area (Å²) in [6.07, 6.45) is 2.04. The predicted octanol–water partition coefficient (Wildman–Crippen LogP) is 1.08. The first-order valence-electron chi connectivity index (χ1n) is 7.06. The van der Waals surface area contributed by atoms with Gasteiger partial charge in [-0.15, -0.1) is 4.83 Å². The molecule has 0 bridgehead atoms. The van der Waals surface area contributed by atoms with Gasteiger partial charge in [0.15, 0.2) is 0 Å². The number of likely N-dealkylation sites (N-methyl/N-ethyl adjacent to an activating group) is 1. The average Bonchev–Trinajstić information content (AvgIpc) is 2.42. The standard InChI is InChI=1S/C14H23N3O2S/c1-3-4-13-5-7-14(8-6-13)20(18,19)15-17-11-9-16(2)10-12-17/h5-8,15H,3-4,9-12H2,1-2H3. The second-order valence-corrected chi connectivity index (χ2v) is 6.94. The lowest BCUT2D eigenvalue weighted by atomic mass is 10.1. The lowest BCUT2D eigenvalue weighted by molar-refractivity contribution is 0.135. The molecule has 0 saturated carbocycles. The van der Waals surface area contributed by atoms with Gasteiger partial charge in [0.1, 0.15) is 0 Å². The van der Waals surface area contributed by atoms with Gasteiger partial charge in [-0.3, -0.25) is 0 Å². The van der Waals surface area contributed by atoms with Crippen LogP contribution < -0.4 is 4.83 Å². The van der Waals surface area contributed by atoms with Crippen LogP contribution in [0.5, 0.6) is 0 Å². The highest BCUT2D eigenvalue weighted by Crippen LogP contribution is 2.12. The Morgan fingerprint density at radius 2 is 1.70 bits per heavy atom. The second-order valence-electron chi connectivity index (χ2n) is 5.28. The van der Waals surface area contributed by atoms with E-state index in [-0.39, 0.29) is 0 Å². The fourth-order valence-corrected chi connectivity index (χ4v) is 3.37. The number of piperazine rings is 1. The molecule has 0 aromatic heterocycles. The average molecular weight is 297 g/mol. The zero-order chi connectivity index (χ0) is 14.6. The van der Waals surface area contributed by atoms with Crippen LogP contribution in [0.15, 0.2) is 29.2 Å². The maximum Gasteiger partial charge on any atom is 0.253 e. The molecule has 0 spiro atoms. The molecule has 6 heteroatoms.